The van der Waals surface area contributed by atoms with E-state index in [1.54, 1.807) is 0 Å². The van der Waals surface area contributed by atoms with E-state index in [1.165, 1.54) is 22.0 Å². The molecule has 1 fully saturated rings. The van der Waals surface area contributed by atoms with Crippen LogP contribution in [0.25, 0.3) is 0 Å². The number of halogens is 1. The van der Waals surface area contributed by atoms with Crippen LogP contribution in [-0.2, 0) is 6.54 Å². The van der Waals surface area contributed by atoms with Crippen LogP contribution in [0.15, 0.2) is 24.3 Å². The summed E-state index contributed by atoms with van der Waals surface area (Å²) >= 11 is 2.32. The Hall–Kier alpha value is -0.170. The molecule has 2 rings (SSSR count). The number of hydrogen-bond acceptors (Lipinski definition) is 3. The van der Waals surface area contributed by atoms with E-state index < -0.39 is 0 Å². The molecule has 1 saturated heterocycles. The van der Waals surface area contributed by atoms with Gasteiger partial charge in [-0.1, -0.05) is 12.1 Å². The highest BCUT2D eigenvalue weighted by atomic mass is 127. The molecule has 1 aliphatic rings. The minimum Gasteiger partial charge on any atom is -0.395 e. The molecule has 0 spiro atoms. The maximum absolute atomic E-state index is 9.17. The van der Waals surface area contributed by atoms with Crippen LogP contribution in [0.1, 0.15) is 18.4 Å². The second-order valence-corrected chi connectivity index (χ2v) is 6.12. The molecule has 0 bridgehead atoms. The monoisotopic (exact) mass is 360 g/mol. The summed E-state index contributed by atoms with van der Waals surface area (Å²) in [7, 11) is 0. The Balaban J connectivity index is 1.90. The summed E-state index contributed by atoms with van der Waals surface area (Å²) in [6, 6.07) is 9.23. The highest BCUT2D eigenvalue weighted by Gasteiger charge is 2.17. The highest BCUT2D eigenvalue weighted by Crippen LogP contribution is 2.12. The lowest BCUT2D eigenvalue weighted by molar-refractivity contribution is 0.179. The van der Waals surface area contributed by atoms with Crippen molar-refractivity contribution in [3.63, 3.8) is 0 Å². The Morgan fingerprint density at radius 1 is 1.33 bits per heavy atom. The number of nitrogens with one attached hydrogen (secondary N) is 1. The predicted octanol–water partition coefficient (Wildman–Crippen LogP) is 1.84. The number of aliphatic hydroxyl groups excluding tert-OH is 1. The molecule has 1 atom stereocenters. The normalized spacial score (nSPS) is 19.6. The minimum atomic E-state index is 0.233. The van der Waals surface area contributed by atoms with Crippen LogP contribution in [0.2, 0.25) is 0 Å². The highest BCUT2D eigenvalue weighted by molar-refractivity contribution is 14.1. The van der Waals surface area contributed by atoms with Gasteiger partial charge in [0.15, 0.2) is 0 Å². The number of rotatable bonds is 6. The lowest BCUT2D eigenvalue weighted by Gasteiger charge is -2.25. The summed E-state index contributed by atoms with van der Waals surface area (Å²) in [5.74, 6) is 0. The third-order valence-corrected chi connectivity index (χ3v) is 4.10. The standard InChI is InChI=1S/C14H21IN2O/c15-13-5-3-12(4-6-13)10-17(8-9-18)11-14-2-1-7-16-14/h3-6,14,16,18H,1-2,7-11H2. The lowest BCUT2D eigenvalue weighted by Crippen LogP contribution is -2.38. The lowest BCUT2D eigenvalue weighted by atomic mass is 10.1. The van der Waals surface area contributed by atoms with E-state index in [1.807, 2.05) is 0 Å². The van der Waals surface area contributed by atoms with E-state index in [9.17, 15) is 0 Å². The van der Waals surface area contributed by atoms with Crippen molar-refractivity contribution in [3.05, 3.63) is 33.4 Å². The van der Waals surface area contributed by atoms with Gasteiger partial charge in [-0.05, 0) is 59.7 Å². The molecule has 1 aromatic rings. The summed E-state index contributed by atoms with van der Waals surface area (Å²) in [6.45, 7) is 4.09. The van der Waals surface area contributed by atoms with Gasteiger partial charge in [0.25, 0.3) is 0 Å². The van der Waals surface area contributed by atoms with Crippen molar-refractivity contribution in [3.8, 4) is 0 Å². The van der Waals surface area contributed by atoms with Crippen molar-refractivity contribution in [2.24, 2.45) is 0 Å². The molecule has 0 amide bonds. The molecule has 2 N–H and O–H groups in total. The summed E-state index contributed by atoms with van der Waals surface area (Å²) in [5.41, 5.74) is 1.32. The fourth-order valence-corrected chi connectivity index (χ4v) is 2.81. The first-order valence-corrected chi connectivity index (χ1v) is 7.67. The second kappa shape index (κ2) is 7.43. The Morgan fingerprint density at radius 2 is 2.11 bits per heavy atom. The summed E-state index contributed by atoms with van der Waals surface area (Å²) in [4.78, 5) is 2.34. The first-order chi connectivity index (χ1) is 8.78. The van der Waals surface area contributed by atoms with Crippen molar-refractivity contribution in [1.82, 2.24) is 10.2 Å². The Labute approximate surface area is 123 Å². The molecule has 1 heterocycles. The van der Waals surface area contributed by atoms with Gasteiger partial charge in [-0.3, -0.25) is 4.90 Å². The average Bonchev–Trinajstić information content (AvgIpc) is 2.85. The number of nitrogens with zero attached hydrogens (tertiary/aromatic N) is 1. The quantitative estimate of drug-likeness (QED) is 0.760. The van der Waals surface area contributed by atoms with Crippen LogP contribution in [-0.4, -0.2) is 42.3 Å². The van der Waals surface area contributed by atoms with Crippen LogP contribution >= 0.6 is 22.6 Å². The average molecular weight is 360 g/mol. The maximum Gasteiger partial charge on any atom is 0.0558 e. The number of aliphatic hydroxyl groups is 1. The van der Waals surface area contributed by atoms with E-state index >= 15 is 0 Å². The van der Waals surface area contributed by atoms with E-state index in [0.717, 1.165) is 26.2 Å². The van der Waals surface area contributed by atoms with Gasteiger partial charge in [0.1, 0.15) is 0 Å². The molecule has 4 heteroatoms. The largest absolute Gasteiger partial charge is 0.395 e. The van der Waals surface area contributed by atoms with Gasteiger partial charge in [-0.2, -0.15) is 0 Å². The zero-order valence-corrected chi connectivity index (χ0v) is 12.8. The van der Waals surface area contributed by atoms with Crippen molar-refractivity contribution in [2.45, 2.75) is 25.4 Å². The molecular formula is C14H21IN2O. The van der Waals surface area contributed by atoms with Gasteiger partial charge < -0.3 is 10.4 Å². The smallest absolute Gasteiger partial charge is 0.0558 e. The molecule has 1 unspecified atom stereocenters. The van der Waals surface area contributed by atoms with Gasteiger partial charge in [0, 0.05) is 29.2 Å². The molecule has 0 aromatic heterocycles. The third-order valence-electron chi connectivity index (χ3n) is 3.38. The Kier molecular flexibility index (Phi) is 5.88. The van der Waals surface area contributed by atoms with Crippen molar-refractivity contribution in [2.75, 3.05) is 26.2 Å². The van der Waals surface area contributed by atoms with Crippen molar-refractivity contribution >= 4 is 22.6 Å². The molecule has 0 radical (unpaired) electrons. The topological polar surface area (TPSA) is 35.5 Å². The van der Waals surface area contributed by atoms with E-state index in [2.05, 4.69) is 57.1 Å². The van der Waals surface area contributed by atoms with Gasteiger partial charge in [0.05, 0.1) is 6.61 Å². The van der Waals surface area contributed by atoms with E-state index in [-0.39, 0.29) is 6.61 Å². The molecule has 18 heavy (non-hydrogen) atoms. The SMILES string of the molecule is OCCN(Cc1ccc(I)cc1)CC1CCCN1. The van der Waals surface area contributed by atoms with Gasteiger partial charge >= 0.3 is 0 Å². The van der Waals surface area contributed by atoms with Gasteiger partial charge in [-0.15, -0.1) is 0 Å². The Bertz CT molecular complexity index is 349. The summed E-state index contributed by atoms with van der Waals surface area (Å²) < 4.78 is 1.27. The molecular weight excluding hydrogens is 339 g/mol. The minimum absolute atomic E-state index is 0.233. The first kappa shape index (κ1) is 14.2. The molecule has 3 nitrogen and oxygen atoms in total. The zero-order valence-electron chi connectivity index (χ0n) is 10.6. The Morgan fingerprint density at radius 3 is 2.72 bits per heavy atom. The maximum atomic E-state index is 9.17. The van der Waals surface area contributed by atoms with Crippen LogP contribution < -0.4 is 5.32 Å². The van der Waals surface area contributed by atoms with Gasteiger partial charge in [-0.25, -0.2) is 0 Å². The number of hydrogen-bond donors (Lipinski definition) is 2. The summed E-state index contributed by atoms with van der Waals surface area (Å²) in [6.07, 6.45) is 2.54. The second-order valence-electron chi connectivity index (χ2n) is 4.88. The fourth-order valence-electron chi connectivity index (χ4n) is 2.45. The van der Waals surface area contributed by atoms with Gasteiger partial charge in [0.2, 0.25) is 0 Å². The molecule has 0 saturated carbocycles. The van der Waals surface area contributed by atoms with Crippen LogP contribution in [0.4, 0.5) is 0 Å². The summed E-state index contributed by atoms with van der Waals surface area (Å²) in [5, 5.41) is 12.7. The molecule has 1 aliphatic heterocycles. The van der Waals surface area contributed by atoms with Crippen molar-refractivity contribution in [1.29, 1.82) is 0 Å². The van der Waals surface area contributed by atoms with E-state index in [4.69, 9.17) is 5.11 Å². The molecule has 0 aliphatic carbocycles. The molecule has 100 valence electrons. The third kappa shape index (κ3) is 4.50. The predicted molar refractivity (Wildman–Crippen MR) is 82.5 cm³/mol. The molecule has 1 aromatic carbocycles. The van der Waals surface area contributed by atoms with Crippen LogP contribution in [0.5, 0.6) is 0 Å². The van der Waals surface area contributed by atoms with Crippen LogP contribution in [0, 0.1) is 3.57 Å². The van der Waals surface area contributed by atoms with Crippen LogP contribution in [0.3, 0.4) is 0 Å². The van der Waals surface area contributed by atoms with E-state index in [0.29, 0.717) is 6.04 Å². The first-order valence-electron chi connectivity index (χ1n) is 6.59. The van der Waals surface area contributed by atoms with Crippen molar-refractivity contribution < 1.29 is 5.11 Å². The fraction of sp³-hybridized carbons (Fsp3) is 0.571. The zero-order chi connectivity index (χ0) is 12.8. The number of benzene rings is 1.